The average molecular weight is 179 g/mol. The topological polar surface area (TPSA) is 12.0 Å². The third-order valence-electron chi connectivity index (χ3n) is 4.06. The van der Waals surface area contributed by atoms with Crippen molar-refractivity contribution in [1.82, 2.24) is 5.32 Å². The maximum atomic E-state index is 3.39. The molecule has 0 radical (unpaired) electrons. The van der Waals surface area contributed by atoms with Crippen molar-refractivity contribution in [2.75, 3.05) is 13.1 Å². The first-order valence-electron chi connectivity index (χ1n) is 5.05. The lowest BCUT2D eigenvalue weighted by atomic mass is 10.0. The summed E-state index contributed by atoms with van der Waals surface area (Å²) in [6, 6.07) is 0. The Balaban J connectivity index is 2.29. The highest BCUT2D eigenvalue weighted by atomic mass is 14.9. The molecule has 1 aliphatic carbocycles. The van der Waals surface area contributed by atoms with Crippen LogP contribution in [0.3, 0.4) is 0 Å². The third-order valence-corrected chi connectivity index (χ3v) is 4.06. The normalized spacial score (nSPS) is 23.5. The van der Waals surface area contributed by atoms with Crippen molar-refractivity contribution in [1.29, 1.82) is 0 Å². The van der Waals surface area contributed by atoms with E-state index < -0.39 is 0 Å². The van der Waals surface area contributed by atoms with Crippen LogP contribution in [0.25, 0.3) is 0 Å². The Labute approximate surface area is 82.3 Å². The molecular weight excluding hydrogens is 158 g/mol. The van der Waals surface area contributed by atoms with Gasteiger partial charge in [0.2, 0.25) is 0 Å². The zero-order valence-electron chi connectivity index (χ0n) is 9.49. The summed E-state index contributed by atoms with van der Waals surface area (Å²) in [5, 5.41) is 3.39. The van der Waals surface area contributed by atoms with Crippen LogP contribution in [0.2, 0.25) is 0 Å². The van der Waals surface area contributed by atoms with Crippen LogP contribution < -0.4 is 5.32 Å². The number of hydrogen-bond acceptors (Lipinski definition) is 1. The van der Waals surface area contributed by atoms with Gasteiger partial charge in [-0.05, 0) is 30.2 Å². The van der Waals surface area contributed by atoms with Crippen LogP contribution in [0.1, 0.15) is 34.6 Å². The number of nitrogens with one attached hydrogen (secondary N) is 1. The molecule has 0 spiro atoms. The molecular formula is C12H21N. The molecule has 0 saturated heterocycles. The maximum absolute atomic E-state index is 3.39. The van der Waals surface area contributed by atoms with E-state index in [-0.39, 0.29) is 0 Å². The first-order valence-corrected chi connectivity index (χ1v) is 5.05. The molecule has 1 rings (SSSR count). The van der Waals surface area contributed by atoms with E-state index in [2.05, 4.69) is 44.9 Å². The minimum Gasteiger partial charge on any atom is -0.306 e. The molecule has 0 heterocycles. The van der Waals surface area contributed by atoms with Gasteiger partial charge in [0.25, 0.3) is 0 Å². The fourth-order valence-electron chi connectivity index (χ4n) is 2.21. The van der Waals surface area contributed by atoms with Crippen molar-refractivity contribution < 1.29 is 0 Å². The standard InChI is InChI=1S/C12H21N/c1-6-7-8-13-9-10-11(2,3)12(10,4)5/h10,13H,8-9H2,1-5H3. The molecule has 1 nitrogen and oxygen atoms in total. The zero-order chi connectivity index (χ0) is 10.1. The molecule has 0 aromatic rings. The van der Waals surface area contributed by atoms with Gasteiger partial charge >= 0.3 is 0 Å². The summed E-state index contributed by atoms with van der Waals surface area (Å²) in [4.78, 5) is 0. The Morgan fingerprint density at radius 2 is 1.69 bits per heavy atom. The van der Waals surface area contributed by atoms with Crippen LogP contribution in [0.15, 0.2) is 0 Å². The van der Waals surface area contributed by atoms with Gasteiger partial charge in [0, 0.05) is 0 Å². The van der Waals surface area contributed by atoms with E-state index in [4.69, 9.17) is 0 Å². The van der Waals surface area contributed by atoms with Gasteiger partial charge in [0.1, 0.15) is 0 Å². The Bertz CT molecular complexity index is 226. The second-order valence-electron chi connectivity index (χ2n) is 5.05. The second-order valence-corrected chi connectivity index (χ2v) is 5.05. The van der Waals surface area contributed by atoms with E-state index in [9.17, 15) is 0 Å². The zero-order valence-corrected chi connectivity index (χ0v) is 9.49. The minimum atomic E-state index is 0.500. The Kier molecular flexibility index (Phi) is 2.73. The molecule has 13 heavy (non-hydrogen) atoms. The van der Waals surface area contributed by atoms with Crippen LogP contribution in [-0.2, 0) is 0 Å². The molecule has 0 unspecified atom stereocenters. The summed E-state index contributed by atoms with van der Waals surface area (Å²) in [5.74, 6) is 6.72. The summed E-state index contributed by atoms with van der Waals surface area (Å²) < 4.78 is 0. The number of hydrogen-bond donors (Lipinski definition) is 1. The smallest absolute Gasteiger partial charge is 0.0576 e. The monoisotopic (exact) mass is 179 g/mol. The predicted molar refractivity (Wildman–Crippen MR) is 57.4 cm³/mol. The van der Waals surface area contributed by atoms with Gasteiger partial charge in [-0.3, -0.25) is 0 Å². The van der Waals surface area contributed by atoms with Crippen molar-refractivity contribution in [2.45, 2.75) is 34.6 Å². The Morgan fingerprint density at radius 1 is 1.15 bits per heavy atom. The minimum absolute atomic E-state index is 0.500. The molecule has 1 aliphatic rings. The molecule has 0 aliphatic heterocycles. The van der Waals surface area contributed by atoms with E-state index in [0.717, 1.165) is 19.0 Å². The Morgan fingerprint density at radius 3 is 2.08 bits per heavy atom. The molecule has 0 atom stereocenters. The highest BCUT2D eigenvalue weighted by molar-refractivity contribution is 5.13. The highest BCUT2D eigenvalue weighted by Gasteiger charge is 2.63. The lowest BCUT2D eigenvalue weighted by Gasteiger charge is -2.04. The molecule has 1 saturated carbocycles. The summed E-state index contributed by atoms with van der Waals surface area (Å²) >= 11 is 0. The van der Waals surface area contributed by atoms with Gasteiger partial charge in [-0.25, -0.2) is 0 Å². The van der Waals surface area contributed by atoms with Crippen molar-refractivity contribution in [2.24, 2.45) is 16.7 Å². The van der Waals surface area contributed by atoms with Crippen molar-refractivity contribution in [3.05, 3.63) is 0 Å². The highest BCUT2D eigenvalue weighted by Crippen LogP contribution is 2.67. The van der Waals surface area contributed by atoms with E-state index in [1.54, 1.807) is 0 Å². The van der Waals surface area contributed by atoms with Crippen LogP contribution in [-0.4, -0.2) is 13.1 Å². The largest absolute Gasteiger partial charge is 0.306 e. The summed E-state index contributed by atoms with van der Waals surface area (Å²) in [6.45, 7) is 13.2. The molecule has 0 aromatic heterocycles. The maximum Gasteiger partial charge on any atom is 0.0576 e. The molecule has 1 fully saturated rings. The molecule has 1 heteroatoms. The fourth-order valence-corrected chi connectivity index (χ4v) is 2.21. The van der Waals surface area contributed by atoms with Crippen molar-refractivity contribution >= 4 is 0 Å². The second kappa shape index (κ2) is 3.35. The van der Waals surface area contributed by atoms with Gasteiger partial charge in [-0.1, -0.05) is 33.6 Å². The summed E-state index contributed by atoms with van der Waals surface area (Å²) in [7, 11) is 0. The first kappa shape index (κ1) is 10.6. The Hall–Kier alpha value is -0.480. The van der Waals surface area contributed by atoms with Crippen LogP contribution in [0.5, 0.6) is 0 Å². The van der Waals surface area contributed by atoms with E-state index >= 15 is 0 Å². The molecule has 74 valence electrons. The summed E-state index contributed by atoms with van der Waals surface area (Å²) in [5.41, 5.74) is 0.999. The van der Waals surface area contributed by atoms with Gasteiger partial charge in [-0.2, -0.15) is 0 Å². The SMILES string of the molecule is CC#CCNCC1C(C)(C)C1(C)C. The van der Waals surface area contributed by atoms with Crippen LogP contribution in [0, 0.1) is 28.6 Å². The van der Waals surface area contributed by atoms with Gasteiger partial charge in [0.15, 0.2) is 0 Å². The lowest BCUT2D eigenvalue weighted by Crippen LogP contribution is -2.19. The van der Waals surface area contributed by atoms with Crippen LogP contribution in [0.4, 0.5) is 0 Å². The van der Waals surface area contributed by atoms with Gasteiger partial charge < -0.3 is 5.32 Å². The number of rotatable bonds is 3. The molecule has 0 bridgehead atoms. The third kappa shape index (κ3) is 1.74. The first-order chi connectivity index (χ1) is 5.94. The quantitative estimate of drug-likeness (QED) is 0.518. The van der Waals surface area contributed by atoms with Crippen molar-refractivity contribution in [3.8, 4) is 11.8 Å². The fraction of sp³-hybridized carbons (Fsp3) is 0.833. The predicted octanol–water partition coefficient (Wildman–Crippen LogP) is 2.28. The molecule has 0 aromatic carbocycles. The molecule has 0 amide bonds. The van der Waals surface area contributed by atoms with Crippen molar-refractivity contribution in [3.63, 3.8) is 0 Å². The lowest BCUT2D eigenvalue weighted by molar-refractivity contribution is 0.457. The van der Waals surface area contributed by atoms with E-state index in [0.29, 0.717) is 10.8 Å². The average Bonchev–Trinajstić information content (AvgIpc) is 2.39. The van der Waals surface area contributed by atoms with Crippen LogP contribution >= 0.6 is 0 Å². The van der Waals surface area contributed by atoms with Gasteiger partial charge in [0.05, 0.1) is 6.54 Å². The van der Waals surface area contributed by atoms with E-state index in [1.807, 2.05) is 6.92 Å². The van der Waals surface area contributed by atoms with Gasteiger partial charge in [-0.15, -0.1) is 5.92 Å². The molecule has 1 N–H and O–H groups in total. The summed E-state index contributed by atoms with van der Waals surface area (Å²) in [6.07, 6.45) is 0. The van der Waals surface area contributed by atoms with E-state index in [1.165, 1.54) is 0 Å².